The summed E-state index contributed by atoms with van der Waals surface area (Å²) in [4.78, 5) is 12.4. The van der Waals surface area contributed by atoms with E-state index in [2.05, 4.69) is 10.6 Å². The zero-order valence-electron chi connectivity index (χ0n) is 16.7. The number of carbonyl (C=O) groups excluding carboxylic acids is 1. The summed E-state index contributed by atoms with van der Waals surface area (Å²) in [6.45, 7) is 3.96. The van der Waals surface area contributed by atoms with Crippen LogP contribution in [-0.4, -0.2) is 39.3 Å². The molecule has 1 unspecified atom stereocenters. The Hall–Kier alpha value is -2.00. The molecule has 29 heavy (non-hydrogen) atoms. The molecule has 2 aromatic carbocycles. The molecule has 0 saturated carbocycles. The number of nitrogens with zero attached hydrogens (tertiary/aromatic N) is 1. The molecular formula is C20H25ClFN3O3S. The Morgan fingerprint density at radius 3 is 2.31 bits per heavy atom. The Bertz CT molecular complexity index is 963. The zero-order valence-corrected chi connectivity index (χ0v) is 18.3. The van der Waals surface area contributed by atoms with Crippen molar-refractivity contribution in [2.45, 2.75) is 24.8 Å². The molecule has 9 heteroatoms. The first-order valence-electron chi connectivity index (χ1n) is 9.03. The number of hydrogen-bond acceptors (Lipinski definition) is 4. The van der Waals surface area contributed by atoms with E-state index < -0.39 is 10.0 Å². The first-order chi connectivity index (χ1) is 13.5. The van der Waals surface area contributed by atoms with Crippen molar-refractivity contribution < 1.29 is 17.6 Å². The number of rotatable bonds is 8. The van der Waals surface area contributed by atoms with Crippen LogP contribution in [0.25, 0.3) is 0 Å². The summed E-state index contributed by atoms with van der Waals surface area (Å²) >= 11 is 6.11. The van der Waals surface area contributed by atoms with E-state index in [1.165, 1.54) is 44.4 Å². The number of sulfonamides is 1. The first-order valence-corrected chi connectivity index (χ1v) is 10.8. The van der Waals surface area contributed by atoms with Gasteiger partial charge in [0.1, 0.15) is 5.82 Å². The van der Waals surface area contributed by atoms with Crippen LogP contribution in [0, 0.1) is 11.7 Å². The van der Waals surface area contributed by atoms with Crippen molar-refractivity contribution in [2.24, 2.45) is 5.92 Å². The lowest BCUT2D eigenvalue weighted by Crippen LogP contribution is -2.33. The molecule has 0 radical (unpaired) electrons. The molecule has 0 aliphatic carbocycles. The monoisotopic (exact) mass is 441 g/mol. The van der Waals surface area contributed by atoms with Crippen molar-refractivity contribution in [2.75, 3.05) is 26.0 Å². The number of amides is 1. The van der Waals surface area contributed by atoms with Crippen molar-refractivity contribution in [3.8, 4) is 0 Å². The largest absolute Gasteiger partial charge is 0.324 e. The minimum Gasteiger partial charge on any atom is -0.324 e. The number of hydrogen-bond donors (Lipinski definition) is 2. The van der Waals surface area contributed by atoms with Gasteiger partial charge in [-0.15, -0.1) is 0 Å². The van der Waals surface area contributed by atoms with E-state index in [0.29, 0.717) is 0 Å². The van der Waals surface area contributed by atoms with Crippen LogP contribution in [0.5, 0.6) is 0 Å². The van der Waals surface area contributed by atoms with Gasteiger partial charge in [-0.25, -0.2) is 17.1 Å². The van der Waals surface area contributed by atoms with E-state index in [1.54, 1.807) is 12.1 Å². The topological polar surface area (TPSA) is 78.5 Å². The van der Waals surface area contributed by atoms with Gasteiger partial charge in [0.15, 0.2) is 0 Å². The molecule has 0 spiro atoms. The van der Waals surface area contributed by atoms with Crippen LogP contribution in [-0.2, 0) is 14.8 Å². The number of carbonyl (C=O) groups is 1. The fourth-order valence-electron chi connectivity index (χ4n) is 2.78. The zero-order chi connectivity index (χ0) is 21.8. The van der Waals surface area contributed by atoms with E-state index in [1.807, 2.05) is 13.8 Å². The molecule has 1 atom stereocenters. The third-order valence-corrected chi connectivity index (χ3v) is 6.51. The summed E-state index contributed by atoms with van der Waals surface area (Å²) in [6, 6.07) is 10.1. The highest BCUT2D eigenvalue weighted by molar-refractivity contribution is 7.89. The van der Waals surface area contributed by atoms with Crippen molar-refractivity contribution in [3.63, 3.8) is 0 Å². The highest BCUT2D eigenvalue weighted by atomic mass is 35.5. The molecule has 0 saturated heterocycles. The van der Waals surface area contributed by atoms with Crippen LogP contribution in [0.3, 0.4) is 0 Å². The summed E-state index contributed by atoms with van der Waals surface area (Å²) in [7, 11) is -0.803. The number of nitrogens with one attached hydrogen (secondary N) is 2. The summed E-state index contributed by atoms with van der Waals surface area (Å²) in [6.07, 6.45) is 0. The van der Waals surface area contributed by atoms with Crippen molar-refractivity contribution >= 4 is 33.2 Å². The number of halogens is 2. The molecule has 0 heterocycles. The van der Waals surface area contributed by atoms with Crippen LogP contribution in [0.15, 0.2) is 47.4 Å². The molecule has 0 bridgehead atoms. The third-order valence-electron chi connectivity index (χ3n) is 4.37. The molecule has 2 aromatic rings. The van der Waals surface area contributed by atoms with E-state index in [4.69, 9.17) is 11.6 Å². The predicted molar refractivity (Wildman–Crippen MR) is 113 cm³/mol. The molecule has 0 aliphatic rings. The fourth-order valence-corrected chi connectivity index (χ4v) is 3.87. The standard InChI is InChI=1S/C20H25ClFN3O3S/c1-13(2)20(14-5-7-15(22)8-6-14)23-12-19(26)24-18-11-16(9-10-17(18)21)29(27,28)25(3)4/h5-11,13,20,23H,12H2,1-4H3,(H,24,26). The Kier molecular flexibility index (Phi) is 7.76. The lowest BCUT2D eigenvalue weighted by atomic mass is 9.96. The molecule has 6 nitrogen and oxygen atoms in total. The molecule has 2 N–H and O–H groups in total. The van der Waals surface area contributed by atoms with E-state index >= 15 is 0 Å². The van der Waals surface area contributed by atoms with Crippen LogP contribution in [0.2, 0.25) is 5.02 Å². The lowest BCUT2D eigenvalue weighted by Gasteiger charge is -2.23. The fraction of sp³-hybridized carbons (Fsp3) is 0.350. The van der Waals surface area contributed by atoms with Crippen LogP contribution < -0.4 is 10.6 Å². The second-order valence-corrected chi connectivity index (χ2v) is 9.69. The van der Waals surface area contributed by atoms with Crippen molar-refractivity contribution in [1.82, 2.24) is 9.62 Å². The number of anilines is 1. The maximum Gasteiger partial charge on any atom is 0.242 e. The Balaban J connectivity index is 2.11. The van der Waals surface area contributed by atoms with Crippen LogP contribution >= 0.6 is 11.6 Å². The maximum absolute atomic E-state index is 13.2. The number of benzene rings is 2. The van der Waals surface area contributed by atoms with Gasteiger partial charge in [-0.1, -0.05) is 37.6 Å². The summed E-state index contributed by atoms with van der Waals surface area (Å²) in [5.41, 5.74) is 1.08. The highest BCUT2D eigenvalue weighted by Crippen LogP contribution is 2.26. The minimum atomic E-state index is -3.65. The SMILES string of the molecule is CC(C)C(NCC(=O)Nc1cc(S(=O)(=O)N(C)C)ccc1Cl)c1ccc(F)cc1. The van der Waals surface area contributed by atoms with Crippen LogP contribution in [0.1, 0.15) is 25.5 Å². The average Bonchev–Trinajstić information content (AvgIpc) is 2.64. The van der Waals surface area contributed by atoms with Gasteiger partial charge in [0.25, 0.3) is 0 Å². The van der Waals surface area contributed by atoms with E-state index in [-0.39, 0.29) is 45.8 Å². The molecular weight excluding hydrogens is 417 g/mol. The molecule has 1 amide bonds. The first kappa shape index (κ1) is 23.3. The van der Waals surface area contributed by atoms with Gasteiger partial charge in [0.05, 0.1) is 22.2 Å². The Morgan fingerprint density at radius 2 is 1.76 bits per heavy atom. The van der Waals surface area contributed by atoms with Crippen molar-refractivity contribution in [1.29, 1.82) is 0 Å². The quantitative estimate of drug-likeness (QED) is 0.655. The van der Waals surface area contributed by atoms with Gasteiger partial charge in [-0.2, -0.15) is 0 Å². The Labute approximate surface area is 176 Å². The second-order valence-electron chi connectivity index (χ2n) is 7.13. The normalized spacial score (nSPS) is 13.0. The smallest absolute Gasteiger partial charge is 0.242 e. The summed E-state index contributed by atoms with van der Waals surface area (Å²) < 4.78 is 38.8. The molecule has 2 rings (SSSR count). The van der Waals surface area contributed by atoms with Crippen molar-refractivity contribution in [3.05, 3.63) is 58.9 Å². The van der Waals surface area contributed by atoms with E-state index in [0.717, 1.165) is 9.87 Å². The van der Waals surface area contributed by atoms with E-state index in [9.17, 15) is 17.6 Å². The summed E-state index contributed by atoms with van der Waals surface area (Å²) in [5, 5.41) is 6.03. The molecule has 0 aromatic heterocycles. The summed E-state index contributed by atoms with van der Waals surface area (Å²) in [5.74, 6) is -0.541. The molecule has 0 aliphatic heterocycles. The molecule has 0 fully saturated rings. The van der Waals surface area contributed by atoms with Gasteiger partial charge in [0, 0.05) is 20.1 Å². The highest BCUT2D eigenvalue weighted by Gasteiger charge is 2.20. The molecule has 158 valence electrons. The average molecular weight is 442 g/mol. The second kappa shape index (κ2) is 9.67. The Morgan fingerprint density at radius 1 is 1.14 bits per heavy atom. The maximum atomic E-state index is 13.2. The van der Waals surface area contributed by atoms with Gasteiger partial charge < -0.3 is 10.6 Å². The van der Waals surface area contributed by atoms with Gasteiger partial charge >= 0.3 is 0 Å². The van der Waals surface area contributed by atoms with Gasteiger partial charge in [-0.3, -0.25) is 4.79 Å². The predicted octanol–water partition coefficient (Wildman–Crippen LogP) is 3.65. The minimum absolute atomic E-state index is 0.0266. The lowest BCUT2D eigenvalue weighted by molar-refractivity contribution is -0.115. The van der Waals surface area contributed by atoms with Gasteiger partial charge in [0.2, 0.25) is 15.9 Å². The van der Waals surface area contributed by atoms with Crippen LogP contribution in [0.4, 0.5) is 10.1 Å². The van der Waals surface area contributed by atoms with Gasteiger partial charge in [-0.05, 0) is 41.8 Å². The third kappa shape index (κ3) is 5.99.